The van der Waals surface area contributed by atoms with Gasteiger partial charge < -0.3 is 10.2 Å². The molecule has 2 heterocycles. The standard InChI is InChI=1S/C16H15N3O2/c20-15-5-3-11-19(15)13-8-6-12(7-9-13)16(21)18-14-4-1-2-10-17-14/h1-2,4,6-10H,3,5,11H2,(H,17,18,21). The summed E-state index contributed by atoms with van der Waals surface area (Å²) in [6.45, 7) is 0.748. The normalized spacial score (nSPS) is 14.3. The fourth-order valence-corrected chi connectivity index (χ4v) is 2.34. The van der Waals surface area contributed by atoms with Crippen LogP contribution in [0.3, 0.4) is 0 Å². The number of carbonyl (C=O) groups excluding carboxylic acids is 2. The topological polar surface area (TPSA) is 62.3 Å². The van der Waals surface area contributed by atoms with E-state index in [0.717, 1.165) is 18.7 Å². The monoisotopic (exact) mass is 281 g/mol. The van der Waals surface area contributed by atoms with Crippen molar-refractivity contribution in [2.75, 3.05) is 16.8 Å². The molecule has 0 aliphatic carbocycles. The SMILES string of the molecule is O=C(Nc1ccccn1)c1ccc(N2CCCC2=O)cc1. The van der Waals surface area contributed by atoms with Crippen LogP contribution in [-0.4, -0.2) is 23.3 Å². The lowest BCUT2D eigenvalue weighted by Gasteiger charge is -2.15. The van der Waals surface area contributed by atoms with Crippen LogP contribution in [0.5, 0.6) is 0 Å². The molecule has 5 heteroatoms. The summed E-state index contributed by atoms with van der Waals surface area (Å²) in [6, 6.07) is 12.4. The van der Waals surface area contributed by atoms with E-state index >= 15 is 0 Å². The van der Waals surface area contributed by atoms with Gasteiger partial charge in [-0.05, 0) is 42.8 Å². The van der Waals surface area contributed by atoms with Gasteiger partial charge in [-0.3, -0.25) is 9.59 Å². The maximum atomic E-state index is 12.1. The molecule has 1 fully saturated rings. The lowest BCUT2D eigenvalue weighted by Crippen LogP contribution is -2.23. The van der Waals surface area contributed by atoms with E-state index in [9.17, 15) is 9.59 Å². The summed E-state index contributed by atoms with van der Waals surface area (Å²) >= 11 is 0. The Balaban J connectivity index is 1.72. The van der Waals surface area contributed by atoms with E-state index < -0.39 is 0 Å². The number of nitrogens with one attached hydrogen (secondary N) is 1. The number of aromatic nitrogens is 1. The van der Waals surface area contributed by atoms with Gasteiger partial charge in [0, 0.05) is 30.4 Å². The number of carbonyl (C=O) groups is 2. The Kier molecular flexibility index (Phi) is 3.64. The second-order valence-electron chi connectivity index (χ2n) is 4.86. The molecule has 2 aromatic rings. The number of nitrogens with zero attached hydrogens (tertiary/aromatic N) is 2. The number of pyridine rings is 1. The van der Waals surface area contributed by atoms with E-state index in [-0.39, 0.29) is 11.8 Å². The Morgan fingerprint density at radius 1 is 1.14 bits per heavy atom. The van der Waals surface area contributed by atoms with Crippen molar-refractivity contribution in [3.8, 4) is 0 Å². The first-order valence-electron chi connectivity index (χ1n) is 6.87. The molecule has 3 rings (SSSR count). The molecule has 1 aliphatic rings. The van der Waals surface area contributed by atoms with Crippen LogP contribution in [0.1, 0.15) is 23.2 Å². The molecule has 1 saturated heterocycles. The zero-order valence-electron chi connectivity index (χ0n) is 11.5. The molecule has 1 aliphatic heterocycles. The van der Waals surface area contributed by atoms with E-state index in [0.29, 0.717) is 17.8 Å². The molecule has 1 aromatic heterocycles. The van der Waals surface area contributed by atoms with Crippen LogP contribution in [0.4, 0.5) is 11.5 Å². The van der Waals surface area contributed by atoms with E-state index in [1.807, 2.05) is 6.07 Å². The van der Waals surface area contributed by atoms with Gasteiger partial charge in [-0.15, -0.1) is 0 Å². The van der Waals surface area contributed by atoms with Crippen molar-refractivity contribution in [1.29, 1.82) is 0 Å². The van der Waals surface area contributed by atoms with E-state index in [2.05, 4.69) is 10.3 Å². The maximum Gasteiger partial charge on any atom is 0.256 e. The van der Waals surface area contributed by atoms with Gasteiger partial charge in [-0.1, -0.05) is 6.07 Å². The van der Waals surface area contributed by atoms with E-state index in [1.165, 1.54) is 0 Å². The van der Waals surface area contributed by atoms with Crippen molar-refractivity contribution in [1.82, 2.24) is 4.98 Å². The molecule has 106 valence electrons. The first kappa shape index (κ1) is 13.3. The maximum absolute atomic E-state index is 12.1. The highest BCUT2D eigenvalue weighted by Crippen LogP contribution is 2.21. The Labute approximate surface area is 122 Å². The molecule has 2 amide bonds. The number of hydrogen-bond acceptors (Lipinski definition) is 3. The minimum absolute atomic E-state index is 0.140. The predicted molar refractivity (Wildman–Crippen MR) is 80.2 cm³/mol. The molecule has 0 spiro atoms. The second kappa shape index (κ2) is 5.75. The zero-order valence-corrected chi connectivity index (χ0v) is 11.5. The highest BCUT2D eigenvalue weighted by molar-refractivity contribution is 6.04. The molecule has 0 bridgehead atoms. The third-order valence-electron chi connectivity index (χ3n) is 3.42. The van der Waals surface area contributed by atoms with Crippen LogP contribution in [0.25, 0.3) is 0 Å². The second-order valence-corrected chi connectivity index (χ2v) is 4.86. The third kappa shape index (κ3) is 2.91. The van der Waals surface area contributed by atoms with Crippen molar-refractivity contribution in [3.05, 3.63) is 54.2 Å². The zero-order chi connectivity index (χ0) is 14.7. The van der Waals surface area contributed by atoms with Gasteiger partial charge in [-0.25, -0.2) is 4.98 Å². The largest absolute Gasteiger partial charge is 0.312 e. The van der Waals surface area contributed by atoms with Gasteiger partial charge >= 0.3 is 0 Å². The Morgan fingerprint density at radius 3 is 2.57 bits per heavy atom. The smallest absolute Gasteiger partial charge is 0.256 e. The molecule has 21 heavy (non-hydrogen) atoms. The van der Waals surface area contributed by atoms with Gasteiger partial charge in [0.05, 0.1) is 0 Å². The van der Waals surface area contributed by atoms with Gasteiger partial charge in [0.1, 0.15) is 5.82 Å². The quantitative estimate of drug-likeness (QED) is 0.940. The van der Waals surface area contributed by atoms with Crippen molar-refractivity contribution in [2.24, 2.45) is 0 Å². The predicted octanol–water partition coefficient (Wildman–Crippen LogP) is 2.46. The van der Waals surface area contributed by atoms with Gasteiger partial charge in [0.2, 0.25) is 5.91 Å². The molecular weight excluding hydrogens is 266 g/mol. The number of amides is 2. The lowest BCUT2D eigenvalue weighted by atomic mass is 10.2. The van der Waals surface area contributed by atoms with Crippen LogP contribution in [0, 0.1) is 0 Å². The molecule has 0 saturated carbocycles. The number of hydrogen-bond donors (Lipinski definition) is 1. The summed E-state index contributed by atoms with van der Waals surface area (Å²) < 4.78 is 0. The highest BCUT2D eigenvalue weighted by atomic mass is 16.2. The van der Waals surface area contributed by atoms with Gasteiger partial charge in [0.15, 0.2) is 0 Å². The minimum atomic E-state index is -0.215. The van der Waals surface area contributed by atoms with Crippen LogP contribution < -0.4 is 10.2 Å². The van der Waals surface area contributed by atoms with Gasteiger partial charge in [-0.2, -0.15) is 0 Å². The average molecular weight is 281 g/mol. The molecule has 1 N–H and O–H groups in total. The van der Waals surface area contributed by atoms with E-state index in [1.54, 1.807) is 47.5 Å². The van der Waals surface area contributed by atoms with Crippen LogP contribution in [0.2, 0.25) is 0 Å². The average Bonchev–Trinajstić information content (AvgIpc) is 2.94. The van der Waals surface area contributed by atoms with Crippen molar-refractivity contribution in [2.45, 2.75) is 12.8 Å². The summed E-state index contributed by atoms with van der Waals surface area (Å²) in [4.78, 5) is 29.6. The molecule has 5 nitrogen and oxygen atoms in total. The lowest BCUT2D eigenvalue weighted by molar-refractivity contribution is -0.117. The van der Waals surface area contributed by atoms with Crippen LogP contribution >= 0.6 is 0 Å². The van der Waals surface area contributed by atoms with Crippen molar-refractivity contribution >= 4 is 23.3 Å². The summed E-state index contributed by atoms with van der Waals surface area (Å²) in [7, 11) is 0. The summed E-state index contributed by atoms with van der Waals surface area (Å²) in [6.07, 6.45) is 3.11. The Morgan fingerprint density at radius 2 is 1.95 bits per heavy atom. The summed E-state index contributed by atoms with van der Waals surface area (Å²) in [5.41, 5.74) is 1.38. The van der Waals surface area contributed by atoms with Crippen LogP contribution in [-0.2, 0) is 4.79 Å². The van der Waals surface area contributed by atoms with Gasteiger partial charge in [0.25, 0.3) is 5.91 Å². The number of anilines is 2. The van der Waals surface area contributed by atoms with Crippen molar-refractivity contribution < 1.29 is 9.59 Å². The Bertz CT molecular complexity index is 653. The molecule has 0 atom stereocenters. The minimum Gasteiger partial charge on any atom is -0.312 e. The van der Waals surface area contributed by atoms with E-state index in [4.69, 9.17) is 0 Å². The highest BCUT2D eigenvalue weighted by Gasteiger charge is 2.21. The fourth-order valence-electron chi connectivity index (χ4n) is 2.34. The fraction of sp³-hybridized carbons (Fsp3) is 0.188. The first-order chi connectivity index (χ1) is 10.2. The third-order valence-corrected chi connectivity index (χ3v) is 3.42. The Hall–Kier alpha value is -2.69. The van der Waals surface area contributed by atoms with Crippen molar-refractivity contribution in [3.63, 3.8) is 0 Å². The molecule has 0 radical (unpaired) electrons. The first-order valence-corrected chi connectivity index (χ1v) is 6.87. The summed E-state index contributed by atoms with van der Waals surface area (Å²) in [5.74, 6) is 0.440. The molecule has 0 unspecified atom stereocenters. The number of rotatable bonds is 3. The molecular formula is C16H15N3O2. The van der Waals surface area contributed by atoms with Crippen LogP contribution in [0.15, 0.2) is 48.7 Å². The molecule has 1 aromatic carbocycles. The number of benzene rings is 1. The summed E-state index contributed by atoms with van der Waals surface area (Å²) in [5, 5.41) is 2.73.